The molecule has 2 N–H and O–H groups in total. The van der Waals surface area contributed by atoms with Gasteiger partial charge in [-0.2, -0.15) is 0 Å². The number of hydrogen-bond acceptors (Lipinski definition) is 3. The van der Waals surface area contributed by atoms with Crippen molar-refractivity contribution < 1.29 is 23.5 Å². The second-order valence-electron chi connectivity index (χ2n) is 7.77. The number of fused-ring (bicyclic) bond motifs is 3. The molecule has 8 heteroatoms. The number of hydrogen-bond donors (Lipinski definition) is 2. The third-order valence-corrected chi connectivity index (χ3v) is 6.27. The van der Waals surface area contributed by atoms with Gasteiger partial charge in [0.2, 0.25) is 0 Å². The van der Waals surface area contributed by atoms with Crippen LogP contribution >= 0.6 is 0 Å². The zero-order valence-corrected chi connectivity index (χ0v) is 15.5. The number of nitrogens with one attached hydrogen (secondary N) is 1. The number of aryl methyl sites for hydroxylation is 1. The number of benzene rings is 1. The molecule has 6 nitrogen and oxygen atoms in total. The summed E-state index contributed by atoms with van der Waals surface area (Å²) in [6.07, 6.45) is 2.35. The summed E-state index contributed by atoms with van der Waals surface area (Å²) < 4.78 is 30.9. The first kappa shape index (κ1) is 18.9. The standard InChI is InChI=1S/C19H21F2N3O.CH2O2/c20-19(21)10-22-8-7-18(19)11-23(12-18)17(25)16-13-4-1-2-5-14(13)24-9-3-6-15(16)24;2-1-3/h1-2,4-5,22H,3,6-12H2;1H,(H,2,3). The Morgan fingerprint density at radius 1 is 1.25 bits per heavy atom. The molecule has 4 heterocycles. The molecule has 1 amide bonds. The quantitative estimate of drug-likeness (QED) is 0.732. The fraction of sp³-hybridized carbons (Fsp3) is 0.500. The Bertz CT molecular complexity index is 919. The molecule has 1 aromatic heterocycles. The van der Waals surface area contributed by atoms with Crippen LogP contribution in [0.2, 0.25) is 0 Å². The minimum absolute atomic E-state index is 0.0770. The third kappa shape index (κ3) is 2.70. The minimum Gasteiger partial charge on any atom is -0.483 e. The summed E-state index contributed by atoms with van der Waals surface area (Å²) in [4.78, 5) is 23.1. The van der Waals surface area contributed by atoms with Crippen molar-refractivity contribution in [1.29, 1.82) is 0 Å². The minimum atomic E-state index is -2.74. The van der Waals surface area contributed by atoms with Crippen molar-refractivity contribution in [2.45, 2.75) is 31.7 Å². The van der Waals surface area contributed by atoms with Gasteiger partial charge in [0, 0.05) is 36.2 Å². The molecule has 1 spiro atoms. The van der Waals surface area contributed by atoms with Crippen molar-refractivity contribution in [3.05, 3.63) is 35.5 Å². The maximum Gasteiger partial charge on any atom is 0.290 e. The maximum atomic E-state index is 14.4. The summed E-state index contributed by atoms with van der Waals surface area (Å²) in [5, 5.41) is 10.6. The van der Waals surface area contributed by atoms with E-state index in [-0.39, 0.29) is 32.0 Å². The number of carboxylic acid groups (broad SMARTS) is 1. The van der Waals surface area contributed by atoms with Crippen LogP contribution in [0.3, 0.4) is 0 Å². The summed E-state index contributed by atoms with van der Waals surface area (Å²) in [5.74, 6) is -2.82. The van der Waals surface area contributed by atoms with E-state index in [9.17, 15) is 13.6 Å². The Balaban J connectivity index is 0.000000604. The Morgan fingerprint density at radius 2 is 1.96 bits per heavy atom. The van der Waals surface area contributed by atoms with E-state index in [1.54, 1.807) is 4.90 Å². The lowest BCUT2D eigenvalue weighted by atomic mass is 9.69. The average molecular weight is 391 g/mol. The first-order valence-corrected chi connectivity index (χ1v) is 9.50. The van der Waals surface area contributed by atoms with Gasteiger partial charge >= 0.3 is 0 Å². The van der Waals surface area contributed by atoms with Crippen LogP contribution in [0.5, 0.6) is 0 Å². The van der Waals surface area contributed by atoms with E-state index >= 15 is 0 Å². The number of alkyl halides is 2. The zero-order valence-electron chi connectivity index (χ0n) is 15.5. The van der Waals surface area contributed by atoms with Crippen LogP contribution in [0.15, 0.2) is 24.3 Å². The summed E-state index contributed by atoms with van der Waals surface area (Å²) in [6.45, 7) is 1.33. The second kappa shape index (κ2) is 6.84. The molecule has 0 atom stereocenters. The highest BCUT2D eigenvalue weighted by Gasteiger charge is 2.62. The molecule has 2 aromatic rings. The molecule has 0 aliphatic carbocycles. The number of likely N-dealkylation sites (tertiary alicyclic amines) is 1. The molecule has 0 saturated carbocycles. The number of rotatable bonds is 1. The second-order valence-corrected chi connectivity index (χ2v) is 7.77. The van der Waals surface area contributed by atoms with Crippen LogP contribution in [0.4, 0.5) is 8.78 Å². The van der Waals surface area contributed by atoms with Crippen molar-refractivity contribution in [3.8, 4) is 0 Å². The van der Waals surface area contributed by atoms with Crippen molar-refractivity contribution in [1.82, 2.24) is 14.8 Å². The molecule has 3 aliphatic rings. The van der Waals surface area contributed by atoms with Gasteiger partial charge in [-0.15, -0.1) is 0 Å². The Hall–Kier alpha value is -2.48. The fourth-order valence-corrected chi connectivity index (χ4v) is 4.83. The lowest BCUT2D eigenvalue weighted by molar-refractivity contribution is -0.192. The van der Waals surface area contributed by atoms with E-state index in [1.807, 2.05) is 24.3 Å². The van der Waals surface area contributed by atoms with Gasteiger partial charge in [0.25, 0.3) is 18.3 Å². The number of nitrogens with zero attached hydrogens (tertiary/aromatic N) is 2. The van der Waals surface area contributed by atoms with Gasteiger partial charge < -0.3 is 19.9 Å². The van der Waals surface area contributed by atoms with Gasteiger partial charge in [-0.05, 0) is 31.9 Å². The predicted octanol–water partition coefficient (Wildman–Crippen LogP) is 2.36. The smallest absolute Gasteiger partial charge is 0.290 e. The van der Waals surface area contributed by atoms with Gasteiger partial charge in [-0.1, -0.05) is 18.2 Å². The summed E-state index contributed by atoms with van der Waals surface area (Å²) in [7, 11) is 0. The third-order valence-electron chi connectivity index (χ3n) is 6.27. The van der Waals surface area contributed by atoms with Crippen LogP contribution in [-0.4, -0.2) is 59.1 Å². The van der Waals surface area contributed by atoms with Gasteiger partial charge in [-0.3, -0.25) is 9.59 Å². The van der Waals surface area contributed by atoms with E-state index in [1.165, 1.54) is 0 Å². The average Bonchev–Trinajstić information content (AvgIpc) is 3.20. The van der Waals surface area contributed by atoms with Crippen LogP contribution in [0.25, 0.3) is 10.9 Å². The lowest BCUT2D eigenvalue weighted by Crippen LogP contribution is -2.70. The van der Waals surface area contributed by atoms with E-state index in [0.29, 0.717) is 13.0 Å². The highest BCUT2D eigenvalue weighted by Crippen LogP contribution is 2.49. The predicted molar refractivity (Wildman–Crippen MR) is 99.7 cm³/mol. The molecule has 1 aromatic carbocycles. The normalized spacial score (nSPS) is 21.6. The van der Waals surface area contributed by atoms with E-state index < -0.39 is 11.3 Å². The molecule has 2 fully saturated rings. The van der Waals surface area contributed by atoms with Crippen molar-refractivity contribution in [3.63, 3.8) is 0 Å². The largest absolute Gasteiger partial charge is 0.483 e. The number of carbonyl (C=O) groups is 2. The number of piperidine rings is 1. The molecule has 0 unspecified atom stereocenters. The number of aromatic nitrogens is 1. The van der Waals surface area contributed by atoms with Crippen molar-refractivity contribution in [2.75, 3.05) is 26.2 Å². The summed E-state index contributed by atoms with van der Waals surface area (Å²) >= 11 is 0. The summed E-state index contributed by atoms with van der Waals surface area (Å²) in [6, 6.07) is 7.94. The number of para-hydroxylation sites is 1. The molecule has 0 radical (unpaired) electrons. The number of carbonyl (C=O) groups excluding carboxylic acids is 1. The monoisotopic (exact) mass is 391 g/mol. The van der Waals surface area contributed by atoms with Gasteiger partial charge in [0.1, 0.15) is 0 Å². The molecule has 5 rings (SSSR count). The molecule has 28 heavy (non-hydrogen) atoms. The molecule has 0 bridgehead atoms. The van der Waals surface area contributed by atoms with Gasteiger partial charge in [0.15, 0.2) is 0 Å². The Morgan fingerprint density at radius 3 is 2.68 bits per heavy atom. The number of amides is 1. The van der Waals surface area contributed by atoms with E-state index in [2.05, 4.69) is 9.88 Å². The number of halogens is 2. The SMILES string of the molecule is O=C(c1c2n(c3ccccc13)CCC2)N1CC2(CCNCC2(F)F)C1.O=CO. The lowest BCUT2D eigenvalue weighted by Gasteiger charge is -2.55. The van der Waals surface area contributed by atoms with Crippen molar-refractivity contribution in [2.24, 2.45) is 5.41 Å². The van der Waals surface area contributed by atoms with Crippen molar-refractivity contribution >= 4 is 23.3 Å². The molecule has 3 aliphatic heterocycles. The molecule has 2 saturated heterocycles. The van der Waals surface area contributed by atoms with Gasteiger partial charge in [0.05, 0.1) is 17.5 Å². The Labute approximate surface area is 161 Å². The molecule has 150 valence electrons. The highest BCUT2D eigenvalue weighted by molar-refractivity contribution is 6.09. The topological polar surface area (TPSA) is 74.6 Å². The first-order valence-electron chi connectivity index (χ1n) is 9.50. The molecular weight excluding hydrogens is 368 g/mol. The highest BCUT2D eigenvalue weighted by atomic mass is 19.3. The van der Waals surface area contributed by atoms with Gasteiger partial charge in [-0.25, -0.2) is 8.78 Å². The Kier molecular flexibility index (Phi) is 4.61. The van der Waals surface area contributed by atoms with E-state index in [4.69, 9.17) is 9.90 Å². The zero-order chi connectivity index (χ0) is 19.9. The van der Waals surface area contributed by atoms with Crippen LogP contribution in [-0.2, 0) is 17.8 Å². The van der Waals surface area contributed by atoms with E-state index in [0.717, 1.165) is 41.5 Å². The maximum absolute atomic E-state index is 14.4. The fourth-order valence-electron chi connectivity index (χ4n) is 4.83. The van der Waals surface area contributed by atoms with Crippen LogP contribution in [0, 0.1) is 5.41 Å². The first-order chi connectivity index (χ1) is 13.4. The summed E-state index contributed by atoms with van der Waals surface area (Å²) in [5.41, 5.74) is 1.86. The van der Waals surface area contributed by atoms with Crippen LogP contribution < -0.4 is 5.32 Å². The molecular formula is C20H23F2N3O3. The van der Waals surface area contributed by atoms with Crippen LogP contribution in [0.1, 0.15) is 28.9 Å².